The van der Waals surface area contributed by atoms with Crippen LogP contribution in [0.5, 0.6) is 0 Å². The number of amides is 3. The molecule has 3 amide bonds. The maximum Gasteiger partial charge on any atom is 0.407 e. The number of carbonyl (C=O) groups excluding carboxylic acids is 3. The van der Waals surface area contributed by atoms with Crippen molar-refractivity contribution in [3.05, 3.63) is 121 Å². The van der Waals surface area contributed by atoms with Crippen LogP contribution in [0.3, 0.4) is 0 Å². The molecule has 2 fully saturated rings. The lowest BCUT2D eigenvalue weighted by Crippen LogP contribution is -2.49. The number of H-pyrrole nitrogens is 2. The van der Waals surface area contributed by atoms with Crippen molar-refractivity contribution in [2.45, 2.75) is 57.3 Å². The number of aromatic nitrogens is 6. The van der Waals surface area contributed by atoms with Crippen molar-refractivity contribution in [3.63, 3.8) is 0 Å². The van der Waals surface area contributed by atoms with Gasteiger partial charge in [-0.05, 0) is 64.8 Å². The Bertz CT molecular complexity index is 2530. The zero-order valence-electron chi connectivity index (χ0n) is 34.7. The molecule has 15 nitrogen and oxygen atoms in total. The van der Waals surface area contributed by atoms with Gasteiger partial charge in [-0.25, -0.2) is 14.8 Å². The number of hydrogen-bond donors (Lipinski definition) is 4. The van der Waals surface area contributed by atoms with Crippen molar-refractivity contribution >= 4 is 28.7 Å². The van der Waals surface area contributed by atoms with Crippen molar-refractivity contribution in [1.82, 2.24) is 50.3 Å². The van der Waals surface area contributed by atoms with Crippen LogP contribution in [0.15, 0.2) is 104 Å². The van der Waals surface area contributed by atoms with E-state index in [1.54, 1.807) is 18.2 Å². The Morgan fingerprint density at radius 3 is 2.13 bits per heavy atom. The minimum Gasteiger partial charge on any atom is -0.453 e. The SMILES string of the molecule is C=C1C[C@@H](c2ncc(-c3ccc(-c4ccc5cc(-c6cnc([C@@H]7CCCN7C(=O)[C@@H](NCOC)C(C)C)[nH]6)ccc5c4)cc3)[nH]2)N(C(=O)C(NC(=O)OC)c2cnccn2)C1. The van der Waals surface area contributed by atoms with Gasteiger partial charge in [0.25, 0.3) is 5.91 Å². The molecule has 4 atom stereocenters. The predicted molar refractivity (Wildman–Crippen MR) is 230 cm³/mol. The van der Waals surface area contributed by atoms with Crippen LogP contribution in [-0.2, 0) is 19.1 Å². The highest BCUT2D eigenvalue weighted by molar-refractivity contribution is 5.91. The smallest absolute Gasteiger partial charge is 0.407 e. The molecule has 8 rings (SSSR count). The number of likely N-dealkylation sites (tertiary alicyclic amines) is 2. The molecule has 5 heterocycles. The van der Waals surface area contributed by atoms with Crippen molar-refractivity contribution in [2.24, 2.45) is 5.92 Å². The maximum absolute atomic E-state index is 14.0. The standard InChI is InChI=1S/C46H50N10O5/c1-27(2)40(51-26-60-4)44(57)55-18-6-7-38(55)42-49-24-36(53-42)34-15-14-32-20-31(12-13-33(32)21-34)29-8-10-30(11-9-29)35-23-50-43(52-35)39-19-28(3)25-56(39)45(58)41(54-46(59)61-5)37-22-47-16-17-48-37/h8-17,20-24,27,38-41,51H,3,6-7,18-19,25-26H2,1-2,4-5H3,(H,49,53)(H,50,52)(H,54,59)/t38-,39-,40-,41?/m0/s1. The topological polar surface area (TPSA) is 183 Å². The monoisotopic (exact) mass is 822 g/mol. The normalized spacial score (nSPS) is 17.6. The van der Waals surface area contributed by atoms with Crippen LogP contribution < -0.4 is 10.6 Å². The van der Waals surface area contributed by atoms with E-state index in [0.717, 1.165) is 68.7 Å². The van der Waals surface area contributed by atoms with Gasteiger partial charge in [-0.2, -0.15) is 0 Å². The number of alkyl carbamates (subject to hydrolysis) is 1. The summed E-state index contributed by atoms with van der Waals surface area (Å²) in [6.45, 7) is 9.57. The molecule has 61 heavy (non-hydrogen) atoms. The third kappa shape index (κ3) is 8.65. The molecule has 4 N–H and O–H groups in total. The first kappa shape index (κ1) is 41.0. The van der Waals surface area contributed by atoms with E-state index in [9.17, 15) is 14.4 Å². The summed E-state index contributed by atoms with van der Waals surface area (Å²) in [5, 5.41) is 8.06. The van der Waals surface area contributed by atoms with E-state index in [1.807, 2.05) is 24.9 Å². The summed E-state index contributed by atoms with van der Waals surface area (Å²) in [5.41, 5.74) is 7.01. The van der Waals surface area contributed by atoms with Crippen LogP contribution in [0.1, 0.15) is 68.6 Å². The summed E-state index contributed by atoms with van der Waals surface area (Å²) in [4.78, 5) is 68.2. The van der Waals surface area contributed by atoms with Crippen LogP contribution >= 0.6 is 0 Å². The molecule has 15 heteroatoms. The molecule has 2 aliphatic rings. The fourth-order valence-electron chi connectivity index (χ4n) is 8.35. The van der Waals surface area contributed by atoms with Gasteiger partial charge in [0.05, 0.1) is 67.6 Å². The van der Waals surface area contributed by atoms with Gasteiger partial charge in [0.2, 0.25) is 5.91 Å². The van der Waals surface area contributed by atoms with Gasteiger partial charge >= 0.3 is 6.09 Å². The van der Waals surface area contributed by atoms with Gasteiger partial charge in [0.1, 0.15) is 11.6 Å². The third-order valence-corrected chi connectivity index (χ3v) is 11.5. The number of hydrogen-bond acceptors (Lipinski definition) is 10. The lowest BCUT2D eigenvalue weighted by atomic mass is 9.98. The van der Waals surface area contributed by atoms with Gasteiger partial charge in [-0.3, -0.25) is 24.9 Å². The predicted octanol–water partition coefficient (Wildman–Crippen LogP) is 6.89. The minimum atomic E-state index is -1.10. The second-order valence-corrected chi connectivity index (χ2v) is 15.9. The molecule has 0 spiro atoms. The highest BCUT2D eigenvalue weighted by atomic mass is 16.5. The fourth-order valence-corrected chi connectivity index (χ4v) is 8.35. The molecule has 3 aromatic carbocycles. The number of ether oxygens (including phenoxy) is 2. The molecule has 0 saturated carbocycles. The molecule has 2 aliphatic heterocycles. The summed E-state index contributed by atoms with van der Waals surface area (Å²) < 4.78 is 9.99. The number of carbonyl (C=O) groups is 3. The Morgan fingerprint density at radius 2 is 1.46 bits per heavy atom. The lowest BCUT2D eigenvalue weighted by molar-refractivity contribution is -0.136. The van der Waals surface area contributed by atoms with Crippen LogP contribution in [-0.4, -0.2) is 97.7 Å². The number of benzene rings is 3. The maximum atomic E-state index is 14.0. The zero-order valence-corrected chi connectivity index (χ0v) is 34.7. The third-order valence-electron chi connectivity index (χ3n) is 11.5. The molecular weight excluding hydrogens is 773 g/mol. The number of nitrogens with one attached hydrogen (secondary N) is 4. The van der Waals surface area contributed by atoms with E-state index >= 15 is 0 Å². The Morgan fingerprint density at radius 1 is 0.803 bits per heavy atom. The quantitative estimate of drug-likeness (QED) is 0.0707. The van der Waals surface area contributed by atoms with E-state index in [-0.39, 0.29) is 29.8 Å². The summed E-state index contributed by atoms with van der Waals surface area (Å²) in [5.74, 6) is 1.25. The molecule has 1 unspecified atom stereocenters. The van der Waals surface area contributed by atoms with Crippen LogP contribution in [0.2, 0.25) is 0 Å². The van der Waals surface area contributed by atoms with Gasteiger partial charge in [0, 0.05) is 38.2 Å². The van der Waals surface area contributed by atoms with Crippen LogP contribution in [0.4, 0.5) is 4.79 Å². The molecule has 2 saturated heterocycles. The highest BCUT2D eigenvalue weighted by Gasteiger charge is 2.39. The second-order valence-electron chi connectivity index (χ2n) is 15.9. The first-order valence-electron chi connectivity index (χ1n) is 20.5. The summed E-state index contributed by atoms with van der Waals surface area (Å²) in [6.07, 6.45) is 9.60. The number of imidazole rings is 2. The molecule has 0 radical (unpaired) electrons. The summed E-state index contributed by atoms with van der Waals surface area (Å²) >= 11 is 0. The second kappa shape index (κ2) is 17.9. The van der Waals surface area contributed by atoms with Crippen molar-refractivity contribution in [3.8, 4) is 33.6 Å². The van der Waals surface area contributed by atoms with Crippen LogP contribution in [0, 0.1) is 5.92 Å². The highest BCUT2D eigenvalue weighted by Crippen LogP contribution is 2.37. The zero-order chi connectivity index (χ0) is 42.6. The van der Waals surface area contributed by atoms with E-state index in [1.165, 1.54) is 25.7 Å². The van der Waals surface area contributed by atoms with E-state index in [2.05, 4.69) is 103 Å². The summed E-state index contributed by atoms with van der Waals surface area (Å²) in [7, 11) is 2.86. The van der Waals surface area contributed by atoms with Gasteiger partial charge in [0.15, 0.2) is 6.04 Å². The number of aromatic amines is 2. The molecule has 3 aromatic heterocycles. The van der Waals surface area contributed by atoms with Gasteiger partial charge in [-0.1, -0.05) is 74.5 Å². The number of methoxy groups -OCH3 is 2. The Labute approximate surface area is 354 Å². The van der Waals surface area contributed by atoms with Crippen molar-refractivity contribution in [1.29, 1.82) is 0 Å². The van der Waals surface area contributed by atoms with E-state index in [4.69, 9.17) is 14.5 Å². The Hall–Kier alpha value is -6.71. The lowest BCUT2D eigenvalue weighted by Gasteiger charge is -2.30. The van der Waals surface area contributed by atoms with Crippen LogP contribution in [0.25, 0.3) is 44.4 Å². The number of rotatable bonds is 13. The Balaban J connectivity index is 0.952. The molecular formula is C46H50N10O5. The average Bonchev–Trinajstić information content (AvgIpc) is 4.12. The largest absolute Gasteiger partial charge is 0.453 e. The molecule has 314 valence electrons. The first-order valence-corrected chi connectivity index (χ1v) is 20.5. The molecule has 0 bridgehead atoms. The number of fused-ring (bicyclic) bond motifs is 1. The average molecular weight is 823 g/mol. The number of nitrogens with zero attached hydrogens (tertiary/aromatic N) is 6. The molecule has 6 aromatic rings. The van der Waals surface area contributed by atoms with Crippen molar-refractivity contribution in [2.75, 3.05) is 34.0 Å². The fraction of sp³-hybridized carbons (Fsp3) is 0.326. The van der Waals surface area contributed by atoms with E-state index < -0.39 is 18.2 Å². The van der Waals surface area contributed by atoms with E-state index in [0.29, 0.717) is 37.8 Å². The first-order chi connectivity index (χ1) is 29.6. The Kier molecular flexibility index (Phi) is 12.0. The molecule has 0 aliphatic carbocycles. The van der Waals surface area contributed by atoms with Gasteiger partial charge < -0.3 is 34.6 Å². The van der Waals surface area contributed by atoms with Crippen molar-refractivity contribution < 1.29 is 23.9 Å². The minimum absolute atomic E-state index is 0.0781. The van der Waals surface area contributed by atoms with Gasteiger partial charge in [-0.15, -0.1) is 0 Å². The summed E-state index contributed by atoms with van der Waals surface area (Å²) in [6, 6.07) is 19.2.